The molecule has 13 heteroatoms. The van der Waals surface area contributed by atoms with E-state index in [1.165, 1.54) is 0 Å². The van der Waals surface area contributed by atoms with E-state index in [2.05, 4.69) is 24.5 Å². The molecule has 0 aliphatic carbocycles. The van der Waals surface area contributed by atoms with Crippen LogP contribution >= 0.6 is 0 Å². The molecule has 1 aliphatic heterocycles. The molecule has 43 heavy (non-hydrogen) atoms. The SMILES string of the molecule is CC(C)C[C@@H]1CN(C(=O)/C(C#N)=C/C(C)(C)C)C[C@H]1C(=O)NCCOCCOCCOCCOCCOCCN[C-]=O.[Tb]. The summed E-state index contributed by atoms with van der Waals surface area (Å²) in [6.45, 7) is 15.9. The molecule has 2 N–H and O–H groups in total. The van der Waals surface area contributed by atoms with Gasteiger partial charge in [-0.3, -0.25) is 9.59 Å². The van der Waals surface area contributed by atoms with E-state index in [0.717, 1.165) is 6.42 Å². The first kappa shape index (κ1) is 41.7. The zero-order chi connectivity index (χ0) is 31.2. The van der Waals surface area contributed by atoms with Crippen molar-refractivity contribution in [3.05, 3.63) is 11.6 Å². The zero-order valence-corrected chi connectivity index (χ0v) is 28.5. The van der Waals surface area contributed by atoms with E-state index >= 15 is 0 Å². The predicted octanol–water partition coefficient (Wildman–Crippen LogP) is 1.46. The van der Waals surface area contributed by atoms with Crippen LogP contribution in [0.1, 0.15) is 41.0 Å². The van der Waals surface area contributed by atoms with Crippen molar-refractivity contribution in [3.8, 4) is 6.07 Å². The van der Waals surface area contributed by atoms with Gasteiger partial charge in [-0.05, 0) is 23.7 Å². The van der Waals surface area contributed by atoms with Crippen molar-refractivity contribution in [2.45, 2.75) is 41.0 Å². The number of likely N-dealkylation sites (tertiary alicyclic amines) is 1. The molecule has 2 atom stereocenters. The summed E-state index contributed by atoms with van der Waals surface area (Å²) in [7, 11) is 0. The second-order valence-electron chi connectivity index (χ2n) is 11.6. The maximum Gasteiger partial charge on any atom is 0.264 e. The molecule has 0 saturated carbocycles. The number of carbonyl (C=O) groups excluding carboxylic acids is 3. The fraction of sp³-hybridized carbons (Fsp3) is 0.800. The fourth-order valence-corrected chi connectivity index (χ4v) is 4.46. The van der Waals surface area contributed by atoms with Crippen molar-refractivity contribution >= 4 is 18.2 Å². The van der Waals surface area contributed by atoms with Crippen molar-refractivity contribution in [2.24, 2.45) is 23.2 Å². The number of hydrogen-bond donors (Lipinski definition) is 2. The minimum absolute atomic E-state index is 0. The second kappa shape index (κ2) is 25.0. The monoisotopic (exact) mass is 754 g/mol. The Morgan fingerprint density at radius 3 is 1.84 bits per heavy atom. The van der Waals surface area contributed by atoms with Crippen molar-refractivity contribution in [1.29, 1.82) is 5.26 Å². The Hall–Kier alpha value is -1.27. The Labute approximate surface area is 288 Å². The average molecular weight is 755 g/mol. The summed E-state index contributed by atoms with van der Waals surface area (Å²) in [4.78, 5) is 37.7. The molecule has 0 aromatic heterocycles. The Bertz CT molecular complexity index is 860. The van der Waals surface area contributed by atoms with E-state index in [1.54, 1.807) is 17.4 Å². The van der Waals surface area contributed by atoms with Crippen LogP contribution in [0.3, 0.4) is 0 Å². The van der Waals surface area contributed by atoms with Crippen LogP contribution in [0.5, 0.6) is 0 Å². The second-order valence-corrected chi connectivity index (χ2v) is 11.6. The minimum atomic E-state index is -0.316. The van der Waals surface area contributed by atoms with E-state index < -0.39 is 0 Å². The van der Waals surface area contributed by atoms with Crippen molar-refractivity contribution in [2.75, 3.05) is 92.2 Å². The molecule has 1 fully saturated rings. The fourth-order valence-electron chi connectivity index (χ4n) is 4.46. The number of nitrogens with zero attached hydrogens (tertiary/aromatic N) is 2. The largest absolute Gasteiger partial charge is 0.528 e. The standard InChI is InChI=1S/C30H51N4O8.Tb/c1-24(2)18-25-21-34(29(37)26(20-31)19-30(3,4)5)22-27(25)28(36)33-7-9-39-11-13-41-15-17-42-16-14-40-12-10-38-8-6-32-23-35;/h19,24-25,27H,6-18,21-22H2,1-5H3,(H,32,35)(H,33,36);/q-1;/b26-19+;/t25-,27-;/m1./s1. The van der Waals surface area contributed by atoms with E-state index in [0.29, 0.717) is 98.2 Å². The summed E-state index contributed by atoms with van der Waals surface area (Å²) in [5.74, 6) is -0.281. The van der Waals surface area contributed by atoms with Gasteiger partial charge in [0.25, 0.3) is 5.91 Å². The molecule has 1 rings (SSSR count). The summed E-state index contributed by atoms with van der Waals surface area (Å²) < 4.78 is 27.1. The zero-order valence-electron chi connectivity index (χ0n) is 26.4. The molecule has 0 bridgehead atoms. The molecule has 1 saturated heterocycles. The van der Waals surface area contributed by atoms with Gasteiger partial charge < -0.3 is 44.0 Å². The van der Waals surface area contributed by atoms with Gasteiger partial charge in [0.2, 0.25) is 5.91 Å². The van der Waals surface area contributed by atoms with Crippen LogP contribution in [0.2, 0.25) is 0 Å². The summed E-state index contributed by atoms with van der Waals surface area (Å²) in [5, 5.41) is 14.9. The van der Waals surface area contributed by atoms with Gasteiger partial charge in [0, 0.05) is 64.8 Å². The maximum atomic E-state index is 13.0. The van der Waals surface area contributed by atoms with E-state index in [4.69, 9.17) is 23.7 Å². The van der Waals surface area contributed by atoms with Crippen LogP contribution in [0.25, 0.3) is 0 Å². The van der Waals surface area contributed by atoms with Crippen LogP contribution in [-0.2, 0) is 38.1 Å². The van der Waals surface area contributed by atoms with Gasteiger partial charge in [0.05, 0.1) is 72.0 Å². The normalized spacial score (nSPS) is 17.0. The van der Waals surface area contributed by atoms with Crippen LogP contribution in [-0.4, -0.2) is 115 Å². The number of ether oxygens (including phenoxy) is 5. The van der Waals surface area contributed by atoms with Crippen molar-refractivity contribution in [3.63, 3.8) is 0 Å². The van der Waals surface area contributed by atoms with Gasteiger partial charge in [-0.25, -0.2) is 0 Å². The molecule has 249 valence electrons. The van der Waals surface area contributed by atoms with Crippen LogP contribution < -0.4 is 10.6 Å². The molecule has 12 nitrogen and oxygen atoms in total. The first-order chi connectivity index (χ1) is 20.1. The number of amides is 3. The van der Waals surface area contributed by atoms with Crippen LogP contribution in [0, 0.1) is 73.1 Å². The summed E-state index contributed by atoms with van der Waals surface area (Å²) >= 11 is 0. The molecule has 0 aromatic carbocycles. The number of rotatable bonds is 23. The molecular weight excluding hydrogens is 703 g/mol. The molecule has 1 aliphatic rings. The molecule has 1 radical (unpaired) electrons. The predicted molar refractivity (Wildman–Crippen MR) is 157 cm³/mol. The third kappa shape index (κ3) is 20.4. The van der Waals surface area contributed by atoms with Crippen LogP contribution in [0.15, 0.2) is 11.6 Å². The quantitative estimate of drug-likeness (QED) is 0.0521. The van der Waals surface area contributed by atoms with Gasteiger partial charge in [-0.2, -0.15) is 11.7 Å². The molecule has 0 unspecified atom stereocenters. The Kier molecular flexibility index (Phi) is 24.2. The summed E-state index contributed by atoms with van der Waals surface area (Å²) in [6.07, 6.45) is 4.10. The Balaban J connectivity index is 0.0000176. The third-order valence-corrected chi connectivity index (χ3v) is 6.24. The van der Waals surface area contributed by atoms with Gasteiger partial charge in [0.1, 0.15) is 11.6 Å². The number of hydrogen-bond acceptors (Lipinski definition) is 9. The number of allylic oxidation sites excluding steroid dienone is 1. The topological polar surface area (TPSA) is 148 Å². The van der Waals surface area contributed by atoms with Gasteiger partial charge in [-0.1, -0.05) is 40.7 Å². The van der Waals surface area contributed by atoms with Gasteiger partial charge in [0.15, 0.2) is 0 Å². The molecular formula is C30H51N4O8Tb-. The molecule has 3 amide bonds. The first-order valence-electron chi connectivity index (χ1n) is 14.8. The summed E-state index contributed by atoms with van der Waals surface area (Å²) in [5.41, 5.74) is -0.168. The number of nitriles is 1. The third-order valence-electron chi connectivity index (χ3n) is 6.24. The van der Waals surface area contributed by atoms with E-state index in [1.807, 2.05) is 26.8 Å². The molecule has 1 heterocycles. The van der Waals surface area contributed by atoms with Crippen molar-refractivity contribution in [1.82, 2.24) is 15.5 Å². The van der Waals surface area contributed by atoms with Gasteiger partial charge in [-0.15, -0.1) is 0 Å². The number of nitrogens with one attached hydrogen (secondary N) is 2. The number of carbonyl (C=O) groups is 2. The van der Waals surface area contributed by atoms with Gasteiger partial charge >= 0.3 is 0 Å². The van der Waals surface area contributed by atoms with Crippen molar-refractivity contribution < 1.29 is 76.7 Å². The minimum Gasteiger partial charge on any atom is -0.528 e. The maximum absolute atomic E-state index is 13.0. The van der Waals surface area contributed by atoms with Crippen LogP contribution in [0.4, 0.5) is 0 Å². The Morgan fingerprint density at radius 1 is 0.907 bits per heavy atom. The van der Waals surface area contributed by atoms with E-state index in [9.17, 15) is 19.6 Å². The molecule has 0 spiro atoms. The molecule has 0 aromatic rings. The smallest absolute Gasteiger partial charge is 0.264 e. The summed E-state index contributed by atoms with van der Waals surface area (Å²) in [6, 6.07) is 2.04. The average Bonchev–Trinajstić information content (AvgIpc) is 3.35. The van der Waals surface area contributed by atoms with E-state index in [-0.39, 0.29) is 73.2 Å². The first-order valence-corrected chi connectivity index (χ1v) is 14.8. The Morgan fingerprint density at radius 2 is 1.40 bits per heavy atom.